The number of aliphatic hydroxyl groups is 2. The van der Waals surface area contributed by atoms with Gasteiger partial charge in [0.2, 0.25) is 21.7 Å². The zero-order valence-corrected chi connectivity index (χ0v) is 46.8. The highest BCUT2D eigenvalue weighted by atomic mass is 32.2. The first-order chi connectivity index (χ1) is 37.1. The summed E-state index contributed by atoms with van der Waals surface area (Å²) in [7, 11) is -0.964. The molecular weight excluding hydrogens is 1020 g/mol. The second-order valence-electron chi connectivity index (χ2n) is 20.6. The minimum absolute atomic E-state index is 0.00750. The van der Waals surface area contributed by atoms with Crippen molar-refractivity contribution >= 4 is 45.4 Å². The number of rotatable bonds is 30. The number of esters is 1. The van der Waals surface area contributed by atoms with E-state index in [0.717, 1.165) is 11.1 Å². The fourth-order valence-electron chi connectivity index (χ4n) is 8.80. The van der Waals surface area contributed by atoms with Crippen molar-refractivity contribution in [1.29, 1.82) is 0 Å². The molecule has 78 heavy (non-hydrogen) atoms. The van der Waals surface area contributed by atoms with E-state index in [-0.39, 0.29) is 68.8 Å². The number of nitrogen functional groups attached to an aromatic ring is 1. The number of carbonyl (C=O) groups excluding carboxylic acids is 5. The largest absolute Gasteiger partial charge is 0.493 e. The third-order valence-corrected chi connectivity index (χ3v) is 15.6. The van der Waals surface area contributed by atoms with E-state index in [1.54, 1.807) is 64.5 Å². The zero-order chi connectivity index (χ0) is 57.0. The molecule has 1 heterocycles. The lowest BCUT2D eigenvalue weighted by Crippen LogP contribution is -2.53. The molecule has 0 bridgehead atoms. The van der Waals surface area contributed by atoms with E-state index >= 15 is 0 Å². The van der Waals surface area contributed by atoms with Crippen LogP contribution < -0.4 is 30.6 Å². The van der Waals surface area contributed by atoms with Crippen molar-refractivity contribution in [3.63, 3.8) is 0 Å². The van der Waals surface area contributed by atoms with Gasteiger partial charge in [0.1, 0.15) is 31.1 Å². The third-order valence-electron chi connectivity index (χ3n) is 13.7. The molecule has 1 saturated heterocycles. The van der Waals surface area contributed by atoms with Crippen LogP contribution >= 0.6 is 0 Å². The first-order valence-electron chi connectivity index (χ1n) is 26.6. The zero-order valence-electron chi connectivity index (χ0n) is 46.0. The number of sulfonamides is 1. The molecule has 0 aliphatic carbocycles. The Balaban J connectivity index is 1.14. The van der Waals surface area contributed by atoms with E-state index in [9.17, 15) is 42.6 Å². The van der Waals surface area contributed by atoms with E-state index in [4.69, 9.17) is 29.4 Å². The number of aryl methyl sites for hydroxylation is 1. The molecule has 1 aliphatic heterocycles. The fourth-order valence-corrected chi connectivity index (χ4v) is 10.4. The van der Waals surface area contributed by atoms with Crippen LogP contribution in [0.15, 0.2) is 102 Å². The molecule has 20 heteroatoms. The van der Waals surface area contributed by atoms with Crippen molar-refractivity contribution in [1.82, 2.24) is 19.8 Å². The number of piperidine rings is 1. The SMILES string of the molecule is CCC(C)(C)C(=O)C(=O)N1CCCC[C@H]1C(=O)O[C@H](CCc1ccc(OC)c(OC)c1)c1cccc(OCCNC(=O)CCC(O)COC(=O)N[C@@H](Cc2ccccc2)[C@H](O)CN(CC(C)C)S(=O)(=O)c2ccc(N)cc2)c1. The minimum Gasteiger partial charge on any atom is -0.493 e. The number of methoxy groups -OCH3 is 2. The number of amides is 3. The summed E-state index contributed by atoms with van der Waals surface area (Å²) in [4.78, 5) is 68.3. The van der Waals surface area contributed by atoms with Crippen LogP contribution in [0.1, 0.15) is 102 Å². The predicted octanol–water partition coefficient (Wildman–Crippen LogP) is 6.57. The average Bonchev–Trinajstić information content (AvgIpc) is 3.45. The van der Waals surface area contributed by atoms with Crippen molar-refractivity contribution in [3.05, 3.63) is 114 Å². The van der Waals surface area contributed by atoms with Crippen molar-refractivity contribution in [2.45, 2.75) is 128 Å². The number of nitrogens with one attached hydrogen (secondary N) is 2. The molecule has 1 aliphatic rings. The molecule has 6 N–H and O–H groups in total. The number of ketones is 1. The number of nitrogens with two attached hydrogens (primary N) is 1. The number of benzene rings is 4. The summed E-state index contributed by atoms with van der Waals surface area (Å²) in [5, 5.41) is 27.6. The molecular formula is C58H79N5O14S. The molecule has 0 radical (unpaired) electrons. The van der Waals surface area contributed by atoms with Gasteiger partial charge < -0.3 is 55.2 Å². The van der Waals surface area contributed by atoms with Crippen LogP contribution in [0.4, 0.5) is 10.5 Å². The van der Waals surface area contributed by atoms with Gasteiger partial charge in [0.15, 0.2) is 11.5 Å². The summed E-state index contributed by atoms with van der Waals surface area (Å²) >= 11 is 0. The smallest absolute Gasteiger partial charge is 0.407 e. The number of alkyl carbamates (subject to hydrolysis) is 1. The molecule has 1 unspecified atom stereocenters. The van der Waals surface area contributed by atoms with E-state index in [0.29, 0.717) is 67.0 Å². The fraction of sp³-hybridized carbons (Fsp3) is 0.500. The Hall–Kier alpha value is -6.74. The van der Waals surface area contributed by atoms with Gasteiger partial charge in [-0.25, -0.2) is 18.0 Å². The van der Waals surface area contributed by atoms with Crippen LogP contribution in [0, 0.1) is 11.3 Å². The molecule has 5 rings (SSSR count). The molecule has 3 amide bonds. The third kappa shape index (κ3) is 18.4. The Morgan fingerprint density at radius 3 is 2.26 bits per heavy atom. The summed E-state index contributed by atoms with van der Waals surface area (Å²) in [6.07, 6.45) is -1.34. The maximum atomic E-state index is 14.1. The van der Waals surface area contributed by atoms with Crippen molar-refractivity contribution in [2.24, 2.45) is 11.3 Å². The maximum absolute atomic E-state index is 14.1. The number of likely N-dealkylation sites (tertiary alicyclic amines) is 1. The van der Waals surface area contributed by atoms with Gasteiger partial charge in [-0.1, -0.05) is 83.1 Å². The summed E-state index contributed by atoms with van der Waals surface area (Å²) < 4.78 is 57.2. The van der Waals surface area contributed by atoms with E-state index in [1.807, 2.05) is 57.2 Å². The van der Waals surface area contributed by atoms with Gasteiger partial charge in [0, 0.05) is 37.2 Å². The summed E-state index contributed by atoms with van der Waals surface area (Å²) in [5.74, 6) is -0.763. The van der Waals surface area contributed by atoms with Gasteiger partial charge in [-0.15, -0.1) is 0 Å². The Bertz CT molecular complexity index is 2710. The topological polar surface area (TPSA) is 263 Å². The standard InChI is InChI=1S/C58H79N5O14S/c1-8-58(4,5)54(67)55(68)63-31-13-12-19-48(63)56(69)77-50(27-20-41-21-28-51(73-6)52(34-41)74-7)42-17-14-18-45(35-42)75-32-30-60-53(66)29-24-44(64)38-76-57(70)61-47(33-40-15-10-9-11-16-40)49(65)37-62(36-39(2)3)78(71,72)46-25-22-43(59)23-26-46/h9-11,14-18,21-23,25-26,28,34-35,39,44,47-50,64-65H,8,12-13,19-20,24,27,29-33,36-38,59H2,1-7H3,(H,60,66)(H,61,70)/t44?,47-,48-,49+,50+/m0/s1. The quantitative estimate of drug-likeness (QED) is 0.0160. The number of aliphatic hydroxyl groups excluding tert-OH is 2. The number of hydrogen-bond acceptors (Lipinski definition) is 15. The van der Waals surface area contributed by atoms with Gasteiger partial charge in [0.05, 0.1) is 43.9 Å². The first kappa shape index (κ1) is 62.1. The van der Waals surface area contributed by atoms with Gasteiger partial charge in [-0.2, -0.15) is 4.31 Å². The normalized spacial score (nSPS) is 15.4. The van der Waals surface area contributed by atoms with Crippen LogP contribution in [-0.2, 0) is 51.5 Å². The monoisotopic (exact) mass is 1100 g/mol. The van der Waals surface area contributed by atoms with Crippen molar-refractivity contribution in [2.75, 3.05) is 59.3 Å². The van der Waals surface area contributed by atoms with E-state index in [1.165, 1.54) is 33.5 Å². The molecule has 0 saturated carbocycles. The lowest BCUT2D eigenvalue weighted by Gasteiger charge is -2.36. The lowest BCUT2D eigenvalue weighted by atomic mass is 9.84. The lowest BCUT2D eigenvalue weighted by molar-refractivity contribution is -0.164. The molecule has 1 fully saturated rings. The highest BCUT2D eigenvalue weighted by Crippen LogP contribution is 2.33. The number of hydrogen-bond donors (Lipinski definition) is 5. The van der Waals surface area contributed by atoms with Crippen LogP contribution in [-0.4, -0.2) is 135 Å². The minimum atomic E-state index is -4.06. The Kier molecular flexibility index (Phi) is 23.8. The van der Waals surface area contributed by atoms with Gasteiger partial charge in [-0.3, -0.25) is 14.4 Å². The summed E-state index contributed by atoms with van der Waals surface area (Å²) in [5.41, 5.74) is 7.60. The van der Waals surface area contributed by atoms with Crippen LogP contribution in [0.2, 0.25) is 0 Å². The van der Waals surface area contributed by atoms with E-state index < -0.39 is 76.2 Å². The van der Waals surface area contributed by atoms with Crippen LogP contribution in [0.3, 0.4) is 0 Å². The Morgan fingerprint density at radius 2 is 1.58 bits per heavy atom. The van der Waals surface area contributed by atoms with Crippen LogP contribution in [0.25, 0.3) is 0 Å². The van der Waals surface area contributed by atoms with Crippen molar-refractivity contribution in [3.8, 4) is 17.2 Å². The molecule has 5 atom stereocenters. The second kappa shape index (κ2) is 29.8. The van der Waals surface area contributed by atoms with Crippen LogP contribution in [0.5, 0.6) is 17.2 Å². The van der Waals surface area contributed by atoms with Gasteiger partial charge in [0.25, 0.3) is 5.91 Å². The maximum Gasteiger partial charge on any atom is 0.407 e. The number of anilines is 1. The molecule has 4 aromatic carbocycles. The molecule has 4 aromatic rings. The molecule has 0 aromatic heterocycles. The number of Topliss-reactive ketones (excluding diaryl/α,β-unsaturated/α-hetero) is 1. The van der Waals surface area contributed by atoms with Gasteiger partial charge >= 0.3 is 12.1 Å². The average molecular weight is 1100 g/mol. The Labute approximate surface area is 459 Å². The highest BCUT2D eigenvalue weighted by Gasteiger charge is 2.41. The highest BCUT2D eigenvalue weighted by molar-refractivity contribution is 7.89. The van der Waals surface area contributed by atoms with Crippen molar-refractivity contribution < 1.29 is 66.3 Å². The summed E-state index contributed by atoms with van der Waals surface area (Å²) in [6, 6.07) is 25.5. The number of carbonyl (C=O) groups is 5. The molecule has 0 spiro atoms. The van der Waals surface area contributed by atoms with Gasteiger partial charge in [-0.05, 0) is 123 Å². The molecule has 19 nitrogen and oxygen atoms in total. The number of ether oxygens (including phenoxy) is 5. The first-order valence-corrected chi connectivity index (χ1v) is 28.0. The second-order valence-corrected chi connectivity index (χ2v) is 22.5. The number of nitrogens with zero attached hydrogens (tertiary/aromatic N) is 2. The predicted molar refractivity (Wildman–Crippen MR) is 294 cm³/mol. The Morgan fingerprint density at radius 1 is 0.859 bits per heavy atom. The summed E-state index contributed by atoms with van der Waals surface area (Å²) in [6.45, 7) is 8.72. The van der Waals surface area contributed by atoms with E-state index in [2.05, 4.69) is 10.6 Å². The molecule has 426 valence electrons.